The fraction of sp³-hybridized carbons (Fsp3) is 0.500. The van der Waals surface area contributed by atoms with Gasteiger partial charge in [0.2, 0.25) is 11.8 Å². The molecule has 0 unspecified atom stereocenters. The van der Waals surface area contributed by atoms with Crippen LogP contribution in [0.15, 0.2) is 24.3 Å². The zero-order valence-electron chi connectivity index (χ0n) is 14.1. The molecule has 25 heavy (non-hydrogen) atoms. The van der Waals surface area contributed by atoms with Gasteiger partial charge in [-0.15, -0.1) is 0 Å². The van der Waals surface area contributed by atoms with E-state index >= 15 is 0 Å². The molecule has 2 aliphatic rings. The van der Waals surface area contributed by atoms with E-state index in [1.165, 1.54) is 7.11 Å². The summed E-state index contributed by atoms with van der Waals surface area (Å²) in [6.07, 6.45) is 1.44. The molecule has 0 aromatic heterocycles. The Kier molecular flexibility index (Phi) is 5.27. The number of nitrogens with zero attached hydrogens (tertiary/aromatic N) is 2. The van der Waals surface area contributed by atoms with Crippen LogP contribution in [0.2, 0.25) is 5.02 Å². The van der Waals surface area contributed by atoms with E-state index in [1.54, 1.807) is 34.1 Å². The van der Waals surface area contributed by atoms with E-state index in [0.29, 0.717) is 37.5 Å². The highest BCUT2D eigenvalue weighted by Crippen LogP contribution is 2.28. The lowest BCUT2D eigenvalue weighted by Gasteiger charge is -2.32. The summed E-state index contributed by atoms with van der Waals surface area (Å²) >= 11 is 5.88. The summed E-state index contributed by atoms with van der Waals surface area (Å²) in [5, 5.41) is 0.608. The van der Waals surface area contributed by atoms with Gasteiger partial charge in [-0.3, -0.25) is 14.4 Å². The van der Waals surface area contributed by atoms with E-state index in [4.69, 9.17) is 16.3 Å². The van der Waals surface area contributed by atoms with Crippen LogP contribution in [0.1, 0.15) is 19.3 Å². The van der Waals surface area contributed by atoms with Crippen LogP contribution in [-0.4, -0.2) is 49.4 Å². The lowest BCUT2D eigenvalue weighted by molar-refractivity contribution is -0.149. The highest BCUT2D eigenvalue weighted by Gasteiger charge is 2.38. The normalized spacial score (nSPS) is 21.5. The first-order chi connectivity index (χ1) is 12.0. The zero-order valence-corrected chi connectivity index (χ0v) is 14.9. The number of piperidine rings is 1. The summed E-state index contributed by atoms with van der Waals surface area (Å²) in [5.41, 5.74) is 0.758. The molecule has 0 spiro atoms. The number of hydrogen-bond donors (Lipinski definition) is 0. The number of methoxy groups -OCH3 is 1. The lowest BCUT2D eigenvalue weighted by Crippen LogP contribution is -2.43. The van der Waals surface area contributed by atoms with Crippen molar-refractivity contribution in [3.8, 4) is 0 Å². The van der Waals surface area contributed by atoms with Crippen molar-refractivity contribution in [2.45, 2.75) is 19.3 Å². The number of ether oxygens (including phenoxy) is 1. The number of likely N-dealkylation sites (tertiary alicyclic amines) is 1. The average molecular weight is 365 g/mol. The van der Waals surface area contributed by atoms with Crippen LogP contribution in [0.25, 0.3) is 0 Å². The third-order valence-electron chi connectivity index (χ3n) is 4.95. The van der Waals surface area contributed by atoms with Gasteiger partial charge >= 0.3 is 5.97 Å². The second-order valence-corrected chi connectivity index (χ2v) is 6.94. The van der Waals surface area contributed by atoms with Gasteiger partial charge < -0.3 is 14.5 Å². The molecular formula is C18H21ClN2O4. The molecule has 0 aliphatic carbocycles. The number of carbonyl (C=O) groups is 3. The Bertz CT molecular complexity index is 668. The Morgan fingerprint density at radius 2 is 1.76 bits per heavy atom. The van der Waals surface area contributed by atoms with Gasteiger partial charge in [0, 0.05) is 36.8 Å². The first-order valence-corrected chi connectivity index (χ1v) is 8.80. The third kappa shape index (κ3) is 3.79. The highest BCUT2D eigenvalue weighted by atomic mass is 35.5. The van der Waals surface area contributed by atoms with Gasteiger partial charge in [-0.05, 0) is 37.1 Å². The van der Waals surface area contributed by atoms with Crippen molar-refractivity contribution in [3.63, 3.8) is 0 Å². The van der Waals surface area contributed by atoms with Crippen molar-refractivity contribution in [2.24, 2.45) is 11.8 Å². The topological polar surface area (TPSA) is 66.9 Å². The van der Waals surface area contributed by atoms with Gasteiger partial charge in [0.05, 0.1) is 18.9 Å². The second-order valence-electron chi connectivity index (χ2n) is 6.50. The summed E-state index contributed by atoms with van der Waals surface area (Å²) in [6.45, 7) is 1.45. The molecular weight excluding hydrogens is 344 g/mol. The molecule has 1 aromatic carbocycles. The zero-order chi connectivity index (χ0) is 18.0. The van der Waals surface area contributed by atoms with E-state index in [1.807, 2.05) is 0 Å². The minimum atomic E-state index is -0.335. The van der Waals surface area contributed by atoms with Gasteiger partial charge in [-0.2, -0.15) is 0 Å². The molecule has 0 radical (unpaired) electrons. The SMILES string of the molecule is COC(=O)C1CCN(C(=O)[C@H]2CC(=O)N(c3ccc(Cl)cc3)C2)CC1. The predicted molar refractivity (Wildman–Crippen MR) is 93.2 cm³/mol. The summed E-state index contributed by atoms with van der Waals surface area (Å²) in [5.74, 6) is -0.738. The number of benzene rings is 1. The first kappa shape index (κ1) is 17.7. The number of amides is 2. The molecule has 1 atom stereocenters. The number of hydrogen-bond acceptors (Lipinski definition) is 4. The van der Waals surface area contributed by atoms with Crippen molar-refractivity contribution in [3.05, 3.63) is 29.3 Å². The number of carbonyl (C=O) groups excluding carboxylic acids is 3. The van der Waals surface area contributed by atoms with Crippen LogP contribution < -0.4 is 4.90 Å². The van der Waals surface area contributed by atoms with Gasteiger partial charge in [0.1, 0.15) is 0 Å². The summed E-state index contributed by atoms with van der Waals surface area (Å²) in [7, 11) is 1.38. The largest absolute Gasteiger partial charge is 0.469 e. The van der Waals surface area contributed by atoms with E-state index < -0.39 is 0 Å². The van der Waals surface area contributed by atoms with Gasteiger partial charge in [-0.25, -0.2) is 0 Å². The van der Waals surface area contributed by atoms with Crippen molar-refractivity contribution in [1.82, 2.24) is 4.90 Å². The Morgan fingerprint density at radius 1 is 1.12 bits per heavy atom. The molecule has 2 aliphatic heterocycles. The maximum Gasteiger partial charge on any atom is 0.308 e. The maximum atomic E-state index is 12.7. The second kappa shape index (κ2) is 7.44. The molecule has 6 nitrogen and oxygen atoms in total. The molecule has 1 aromatic rings. The number of halogens is 1. The van der Waals surface area contributed by atoms with Crippen molar-refractivity contribution >= 4 is 35.1 Å². The van der Waals surface area contributed by atoms with Crippen LogP contribution in [0, 0.1) is 11.8 Å². The van der Waals surface area contributed by atoms with Gasteiger partial charge in [-0.1, -0.05) is 11.6 Å². The third-order valence-corrected chi connectivity index (χ3v) is 5.21. The quantitative estimate of drug-likeness (QED) is 0.770. The standard InChI is InChI=1S/C18H21ClN2O4/c1-25-18(24)12-6-8-20(9-7-12)17(23)13-10-16(22)21(11-13)15-4-2-14(19)3-5-15/h2-5,12-13H,6-11H2,1H3/t13-/m0/s1. The molecule has 2 saturated heterocycles. The fourth-order valence-corrected chi connectivity index (χ4v) is 3.63. The Balaban J connectivity index is 1.60. The van der Waals surface area contributed by atoms with Gasteiger partial charge in [0.15, 0.2) is 0 Å². The lowest BCUT2D eigenvalue weighted by atomic mass is 9.95. The van der Waals surface area contributed by atoms with E-state index in [2.05, 4.69) is 0 Å². The Morgan fingerprint density at radius 3 is 2.36 bits per heavy atom. The van der Waals surface area contributed by atoms with Crippen LogP contribution in [0.3, 0.4) is 0 Å². The fourth-order valence-electron chi connectivity index (χ4n) is 3.50. The number of anilines is 1. The van der Waals surface area contributed by atoms with E-state index in [9.17, 15) is 14.4 Å². The summed E-state index contributed by atoms with van der Waals surface area (Å²) < 4.78 is 4.77. The summed E-state index contributed by atoms with van der Waals surface area (Å²) in [6, 6.07) is 7.04. The Hall–Kier alpha value is -2.08. The van der Waals surface area contributed by atoms with E-state index in [0.717, 1.165) is 5.69 Å². The van der Waals surface area contributed by atoms with Gasteiger partial charge in [0.25, 0.3) is 0 Å². The van der Waals surface area contributed by atoms with Crippen molar-refractivity contribution in [2.75, 3.05) is 31.6 Å². The summed E-state index contributed by atoms with van der Waals surface area (Å²) in [4.78, 5) is 40.0. The van der Waals surface area contributed by atoms with Crippen LogP contribution in [-0.2, 0) is 19.1 Å². The minimum absolute atomic E-state index is 0.00636. The number of esters is 1. The smallest absolute Gasteiger partial charge is 0.308 e. The molecule has 2 heterocycles. The average Bonchev–Trinajstić information content (AvgIpc) is 3.03. The molecule has 2 amide bonds. The molecule has 0 N–H and O–H groups in total. The number of rotatable bonds is 3. The van der Waals surface area contributed by atoms with Crippen LogP contribution in [0.5, 0.6) is 0 Å². The van der Waals surface area contributed by atoms with E-state index in [-0.39, 0.29) is 36.0 Å². The predicted octanol–water partition coefficient (Wildman–Crippen LogP) is 2.10. The molecule has 3 rings (SSSR count). The van der Waals surface area contributed by atoms with Crippen LogP contribution in [0.4, 0.5) is 5.69 Å². The van der Waals surface area contributed by atoms with Crippen molar-refractivity contribution in [1.29, 1.82) is 0 Å². The Labute approximate surface area is 151 Å². The minimum Gasteiger partial charge on any atom is -0.469 e. The molecule has 134 valence electrons. The molecule has 7 heteroatoms. The monoisotopic (exact) mass is 364 g/mol. The van der Waals surface area contributed by atoms with Crippen LogP contribution >= 0.6 is 11.6 Å². The first-order valence-electron chi connectivity index (χ1n) is 8.42. The molecule has 0 bridgehead atoms. The molecule has 2 fully saturated rings. The van der Waals surface area contributed by atoms with Crippen molar-refractivity contribution < 1.29 is 19.1 Å². The highest BCUT2D eigenvalue weighted by molar-refractivity contribution is 6.30. The maximum absolute atomic E-state index is 12.7. The molecule has 0 saturated carbocycles.